The van der Waals surface area contributed by atoms with E-state index in [1.165, 1.54) is 16.4 Å². The lowest BCUT2D eigenvalue weighted by Gasteiger charge is -2.21. The van der Waals surface area contributed by atoms with Crippen LogP contribution in [0.2, 0.25) is 10.0 Å². The fourth-order valence-electron chi connectivity index (χ4n) is 3.13. The van der Waals surface area contributed by atoms with Crippen LogP contribution in [0.5, 0.6) is 0 Å². The summed E-state index contributed by atoms with van der Waals surface area (Å²) in [6.45, 7) is 0.393. The minimum Gasteiger partial charge on any atom is -0.337 e. The van der Waals surface area contributed by atoms with Crippen LogP contribution < -0.4 is 0 Å². The summed E-state index contributed by atoms with van der Waals surface area (Å²) < 4.78 is 32.9. The van der Waals surface area contributed by atoms with E-state index in [0.29, 0.717) is 40.8 Å². The highest BCUT2D eigenvalue weighted by Gasteiger charge is 2.39. The van der Waals surface area contributed by atoms with E-state index >= 15 is 0 Å². The van der Waals surface area contributed by atoms with Gasteiger partial charge in [0.1, 0.15) is 6.04 Å². The van der Waals surface area contributed by atoms with E-state index in [1.54, 1.807) is 30.3 Å². The summed E-state index contributed by atoms with van der Waals surface area (Å²) in [7, 11) is -3.69. The molecular formula is C18H15Cl2N3O3S. The maximum atomic E-state index is 13.0. The zero-order chi connectivity index (χ0) is 19.0. The second-order valence-electron chi connectivity index (χ2n) is 6.19. The Kier molecular flexibility index (Phi) is 4.94. The van der Waals surface area contributed by atoms with E-state index in [1.807, 2.05) is 6.07 Å². The first-order valence-electron chi connectivity index (χ1n) is 8.32. The Morgan fingerprint density at radius 1 is 1.07 bits per heavy atom. The zero-order valence-corrected chi connectivity index (χ0v) is 16.4. The van der Waals surface area contributed by atoms with Crippen molar-refractivity contribution in [1.29, 1.82) is 0 Å². The third-order valence-electron chi connectivity index (χ3n) is 4.43. The average Bonchev–Trinajstić information content (AvgIpc) is 3.32. The molecule has 4 rings (SSSR count). The molecule has 1 atom stereocenters. The molecule has 27 heavy (non-hydrogen) atoms. The van der Waals surface area contributed by atoms with Crippen LogP contribution >= 0.6 is 23.2 Å². The summed E-state index contributed by atoms with van der Waals surface area (Å²) in [6.07, 6.45) is 1.33. The van der Waals surface area contributed by atoms with Crippen molar-refractivity contribution in [1.82, 2.24) is 14.4 Å². The molecule has 0 radical (unpaired) electrons. The number of sulfonamides is 1. The minimum absolute atomic E-state index is 0.188. The highest BCUT2D eigenvalue weighted by atomic mass is 35.5. The molecule has 1 fully saturated rings. The van der Waals surface area contributed by atoms with Crippen molar-refractivity contribution in [3.63, 3.8) is 0 Å². The smallest absolute Gasteiger partial charge is 0.245 e. The molecule has 2 heterocycles. The van der Waals surface area contributed by atoms with Gasteiger partial charge >= 0.3 is 0 Å². The van der Waals surface area contributed by atoms with Crippen molar-refractivity contribution >= 4 is 33.2 Å². The van der Waals surface area contributed by atoms with Gasteiger partial charge in [-0.05, 0) is 49.2 Å². The van der Waals surface area contributed by atoms with Gasteiger partial charge in [0.05, 0.1) is 4.90 Å². The van der Waals surface area contributed by atoms with Crippen molar-refractivity contribution < 1.29 is 12.9 Å². The highest BCUT2D eigenvalue weighted by molar-refractivity contribution is 7.89. The molecule has 0 N–H and O–H groups in total. The monoisotopic (exact) mass is 423 g/mol. The van der Waals surface area contributed by atoms with Gasteiger partial charge in [-0.15, -0.1) is 0 Å². The van der Waals surface area contributed by atoms with Crippen molar-refractivity contribution in [3.05, 3.63) is 64.5 Å². The van der Waals surface area contributed by atoms with E-state index in [-0.39, 0.29) is 10.8 Å². The van der Waals surface area contributed by atoms with Crippen LogP contribution in [0.25, 0.3) is 11.4 Å². The lowest BCUT2D eigenvalue weighted by Crippen LogP contribution is -2.30. The number of benzene rings is 2. The second kappa shape index (κ2) is 7.24. The summed E-state index contributed by atoms with van der Waals surface area (Å²) in [6, 6.07) is 12.7. The molecule has 1 saturated heterocycles. The minimum atomic E-state index is -3.69. The van der Waals surface area contributed by atoms with Crippen LogP contribution in [0.15, 0.2) is 57.9 Å². The van der Waals surface area contributed by atoms with Gasteiger partial charge in [0.15, 0.2) is 0 Å². The Balaban J connectivity index is 1.65. The first-order valence-corrected chi connectivity index (χ1v) is 10.5. The Morgan fingerprint density at radius 2 is 1.85 bits per heavy atom. The van der Waals surface area contributed by atoms with Crippen molar-refractivity contribution in [3.8, 4) is 11.4 Å². The molecule has 0 amide bonds. The molecule has 1 aliphatic rings. The molecule has 6 nitrogen and oxygen atoms in total. The summed E-state index contributed by atoms with van der Waals surface area (Å²) >= 11 is 11.9. The molecule has 1 aromatic heterocycles. The van der Waals surface area contributed by atoms with Crippen LogP contribution in [0.4, 0.5) is 0 Å². The van der Waals surface area contributed by atoms with Gasteiger partial charge in [0, 0.05) is 22.2 Å². The number of halogens is 2. The summed E-state index contributed by atoms with van der Waals surface area (Å²) in [5.74, 6) is 0.656. The summed E-state index contributed by atoms with van der Waals surface area (Å²) in [5.41, 5.74) is 0.711. The number of nitrogens with zero attached hydrogens (tertiary/aromatic N) is 3. The zero-order valence-electron chi connectivity index (χ0n) is 14.0. The molecule has 0 aliphatic carbocycles. The van der Waals surface area contributed by atoms with Crippen LogP contribution in [-0.2, 0) is 10.0 Å². The molecule has 0 saturated carbocycles. The number of aromatic nitrogens is 2. The fraction of sp³-hybridized carbons (Fsp3) is 0.222. The van der Waals surface area contributed by atoms with E-state index in [9.17, 15) is 8.42 Å². The average molecular weight is 424 g/mol. The number of rotatable bonds is 4. The number of hydrogen-bond donors (Lipinski definition) is 0. The van der Waals surface area contributed by atoms with Gasteiger partial charge in [0.25, 0.3) is 0 Å². The Morgan fingerprint density at radius 3 is 2.59 bits per heavy atom. The van der Waals surface area contributed by atoms with Crippen LogP contribution in [0.1, 0.15) is 24.8 Å². The van der Waals surface area contributed by atoms with Crippen molar-refractivity contribution in [2.24, 2.45) is 0 Å². The Labute approximate surface area is 166 Å². The topological polar surface area (TPSA) is 76.3 Å². The van der Waals surface area contributed by atoms with Crippen LogP contribution in [-0.4, -0.2) is 29.4 Å². The third kappa shape index (κ3) is 3.60. The molecular weight excluding hydrogens is 409 g/mol. The molecule has 0 unspecified atom stereocenters. The molecule has 9 heteroatoms. The van der Waals surface area contributed by atoms with Gasteiger partial charge in [-0.1, -0.05) is 40.5 Å². The molecule has 0 bridgehead atoms. The molecule has 1 aliphatic heterocycles. The largest absolute Gasteiger partial charge is 0.337 e. The van der Waals surface area contributed by atoms with Gasteiger partial charge in [-0.2, -0.15) is 9.29 Å². The van der Waals surface area contributed by atoms with Crippen molar-refractivity contribution in [2.45, 2.75) is 23.8 Å². The van der Waals surface area contributed by atoms with Crippen molar-refractivity contribution in [2.75, 3.05) is 6.54 Å². The quantitative estimate of drug-likeness (QED) is 0.613. The van der Waals surface area contributed by atoms with E-state index in [2.05, 4.69) is 10.1 Å². The predicted octanol–water partition coefficient (Wildman–Crippen LogP) is 4.57. The fourth-order valence-corrected chi connectivity index (χ4v) is 5.10. The van der Waals surface area contributed by atoms with Crippen LogP contribution in [0, 0.1) is 0 Å². The molecule has 0 spiro atoms. The van der Waals surface area contributed by atoms with E-state index < -0.39 is 16.1 Å². The SMILES string of the molecule is O=S(=O)(c1ccc(Cl)cc1)N1CCC[C@@H]1c1nc(-c2cccc(Cl)c2)no1. The molecule has 3 aromatic rings. The summed E-state index contributed by atoms with van der Waals surface area (Å²) in [5, 5.41) is 5.03. The van der Waals surface area contributed by atoms with Gasteiger partial charge in [0.2, 0.25) is 21.7 Å². The van der Waals surface area contributed by atoms with Crippen LogP contribution in [0.3, 0.4) is 0 Å². The maximum absolute atomic E-state index is 13.0. The first kappa shape index (κ1) is 18.4. The molecule has 2 aromatic carbocycles. The Bertz CT molecular complexity index is 1070. The highest BCUT2D eigenvalue weighted by Crippen LogP contribution is 2.36. The third-order valence-corrected chi connectivity index (χ3v) is 6.84. The second-order valence-corrected chi connectivity index (χ2v) is 8.96. The lowest BCUT2D eigenvalue weighted by atomic mass is 10.2. The van der Waals surface area contributed by atoms with E-state index in [4.69, 9.17) is 27.7 Å². The van der Waals surface area contributed by atoms with Gasteiger partial charge in [-0.25, -0.2) is 8.42 Å². The van der Waals surface area contributed by atoms with Gasteiger partial charge in [-0.3, -0.25) is 0 Å². The predicted molar refractivity (Wildman–Crippen MR) is 102 cm³/mol. The van der Waals surface area contributed by atoms with E-state index in [0.717, 1.165) is 0 Å². The normalized spacial score (nSPS) is 18.1. The first-order chi connectivity index (χ1) is 12.9. The van der Waals surface area contributed by atoms with Gasteiger partial charge < -0.3 is 4.52 Å². The standard InChI is InChI=1S/C18H15Cl2N3O3S/c19-13-6-8-15(9-7-13)27(24,25)23-10-2-5-16(23)18-21-17(22-26-18)12-3-1-4-14(20)11-12/h1,3-4,6-9,11,16H,2,5,10H2/t16-/m1/s1. The lowest BCUT2D eigenvalue weighted by molar-refractivity contribution is 0.290. The Hall–Kier alpha value is -1.93. The molecule has 140 valence electrons. The maximum Gasteiger partial charge on any atom is 0.245 e. The summed E-state index contributed by atoms with van der Waals surface area (Å²) in [4.78, 5) is 4.60. The number of hydrogen-bond acceptors (Lipinski definition) is 5.